The highest BCUT2D eigenvalue weighted by molar-refractivity contribution is 5.76. The molecule has 1 atom stereocenters. The SMILES string of the molecule is CC(C)c1noc(=O)n1CC(=O)N1CCOC(c2ccc(F)cc2)C1. The highest BCUT2D eigenvalue weighted by Crippen LogP contribution is 2.22. The first kappa shape index (κ1) is 17.3. The number of amides is 1. The zero-order valence-corrected chi connectivity index (χ0v) is 14.1. The first-order valence-electron chi connectivity index (χ1n) is 8.17. The van der Waals surface area contributed by atoms with Crippen molar-refractivity contribution in [1.29, 1.82) is 0 Å². The number of rotatable bonds is 4. The van der Waals surface area contributed by atoms with Crippen molar-refractivity contribution in [3.63, 3.8) is 0 Å². The summed E-state index contributed by atoms with van der Waals surface area (Å²) >= 11 is 0. The Hall–Kier alpha value is -2.48. The molecule has 1 saturated heterocycles. The maximum absolute atomic E-state index is 13.1. The van der Waals surface area contributed by atoms with E-state index in [0.717, 1.165) is 5.56 Å². The van der Waals surface area contributed by atoms with Gasteiger partial charge >= 0.3 is 5.76 Å². The number of carbonyl (C=O) groups is 1. The second-order valence-corrected chi connectivity index (χ2v) is 6.30. The number of carbonyl (C=O) groups excluding carboxylic acids is 1. The molecular formula is C17H20FN3O4. The molecule has 0 saturated carbocycles. The monoisotopic (exact) mass is 349 g/mol. The van der Waals surface area contributed by atoms with E-state index in [2.05, 4.69) is 9.68 Å². The number of morpholine rings is 1. The third-order valence-corrected chi connectivity index (χ3v) is 4.18. The van der Waals surface area contributed by atoms with Crippen LogP contribution in [0.2, 0.25) is 0 Å². The highest BCUT2D eigenvalue weighted by atomic mass is 19.1. The molecule has 7 nitrogen and oxygen atoms in total. The summed E-state index contributed by atoms with van der Waals surface area (Å²) in [5.74, 6) is -0.749. The molecule has 25 heavy (non-hydrogen) atoms. The Morgan fingerprint density at radius 1 is 1.36 bits per heavy atom. The normalized spacial score (nSPS) is 17.9. The van der Waals surface area contributed by atoms with Gasteiger partial charge in [-0.25, -0.2) is 9.18 Å². The van der Waals surface area contributed by atoms with E-state index in [4.69, 9.17) is 4.74 Å². The molecule has 0 radical (unpaired) electrons. The third kappa shape index (κ3) is 3.79. The molecule has 0 bridgehead atoms. The second-order valence-electron chi connectivity index (χ2n) is 6.30. The fourth-order valence-corrected chi connectivity index (χ4v) is 2.83. The van der Waals surface area contributed by atoms with E-state index < -0.39 is 5.76 Å². The predicted molar refractivity (Wildman–Crippen MR) is 86.5 cm³/mol. The molecule has 8 heteroatoms. The molecule has 0 N–H and O–H groups in total. The first-order chi connectivity index (χ1) is 12.0. The molecule has 1 aliphatic heterocycles. The summed E-state index contributed by atoms with van der Waals surface area (Å²) in [6, 6.07) is 6.03. The van der Waals surface area contributed by atoms with Crippen molar-refractivity contribution in [3.8, 4) is 0 Å². The lowest BCUT2D eigenvalue weighted by Gasteiger charge is -2.33. The molecule has 2 aromatic rings. The maximum atomic E-state index is 13.1. The summed E-state index contributed by atoms with van der Waals surface area (Å²) in [7, 11) is 0. The van der Waals surface area contributed by atoms with E-state index in [1.807, 2.05) is 13.8 Å². The molecule has 1 aliphatic rings. The van der Waals surface area contributed by atoms with Crippen molar-refractivity contribution in [2.24, 2.45) is 0 Å². The zero-order chi connectivity index (χ0) is 18.0. The summed E-state index contributed by atoms with van der Waals surface area (Å²) in [5.41, 5.74) is 0.809. The van der Waals surface area contributed by atoms with Crippen LogP contribution in [0.3, 0.4) is 0 Å². The Kier molecular flexibility index (Phi) is 4.98. The lowest BCUT2D eigenvalue weighted by molar-refractivity contribution is -0.139. The van der Waals surface area contributed by atoms with E-state index >= 15 is 0 Å². The predicted octanol–water partition coefficient (Wildman–Crippen LogP) is 1.70. The van der Waals surface area contributed by atoms with Crippen molar-refractivity contribution in [2.45, 2.75) is 32.4 Å². The number of halogens is 1. The molecule has 2 heterocycles. The molecule has 134 valence electrons. The van der Waals surface area contributed by atoms with Crippen molar-refractivity contribution < 1.29 is 18.4 Å². The van der Waals surface area contributed by atoms with Crippen LogP contribution in [-0.4, -0.2) is 40.2 Å². The lowest BCUT2D eigenvalue weighted by atomic mass is 10.1. The Morgan fingerprint density at radius 2 is 2.08 bits per heavy atom. The van der Waals surface area contributed by atoms with Crippen LogP contribution < -0.4 is 5.76 Å². The van der Waals surface area contributed by atoms with Gasteiger partial charge in [-0.15, -0.1) is 0 Å². The van der Waals surface area contributed by atoms with Crippen LogP contribution in [-0.2, 0) is 16.1 Å². The second kappa shape index (κ2) is 7.18. The summed E-state index contributed by atoms with van der Waals surface area (Å²) in [6.45, 7) is 4.79. The third-order valence-electron chi connectivity index (χ3n) is 4.18. The minimum Gasteiger partial charge on any atom is -0.370 e. The lowest BCUT2D eigenvalue weighted by Crippen LogP contribution is -2.44. The number of benzene rings is 1. The molecule has 1 unspecified atom stereocenters. The van der Waals surface area contributed by atoms with Crippen molar-refractivity contribution >= 4 is 5.91 Å². The van der Waals surface area contributed by atoms with Crippen molar-refractivity contribution in [2.75, 3.05) is 19.7 Å². The van der Waals surface area contributed by atoms with Gasteiger partial charge in [-0.05, 0) is 17.7 Å². The Balaban J connectivity index is 1.71. The molecule has 0 aliphatic carbocycles. The van der Waals surface area contributed by atoms with E-state index in [1.165, 1.54) is 16.7 Å². The van der Waals surface area contributed by atoms with E-state index in [0.29, 0.717) is 25.5 Å². The minimum absolute atomic E-state index is 0.0316. The van der Waals surface area contributed by atoms with Gasteiger partial charge in [-0.3, -0.25) is 13.9 Å². The zero-order valence-electron chi connectivity index (χ0n) is 14.1. The molecular weight excluding hydrogens is 329 g/mol. The number of ether oxygens (including phenoxy) is 1. The average molecular weight is 349 g/mol. The van der Waals surface area contributed by atoms with Crippen LogP contribution in [0, 0.1) is 5.82 Å². The quantitative estimate of drug-likeness (QED) is 0.840. The molecule has 1 fully saturated rings. The van der Waals surface area contributed by atoms with Crippen LogP contribution in [0.25, 0.3) is 0 Å². The molecule has 1 amide bonds. The summed E-state index contributed by atoms with van der Waals surface area (Å²) in [6.07, 6.45) is -0.318. The van der Waals surface area contributed by atoms with E-state index in [-0.39, 0.29) is 30.3 Å². The smallest absolute Gasteiger partial charge is 0.370 e. The van der Waals surface area contributed by atoms with Crippen LogP contribution >= 0.6 is 0 Å². The van der Waals surface area contributed by atoms with Gasteiger partial charge in [0.25, 0.3) is 0 Å². The van der Waals surface area contributed by atoms with Gasteiger partial charge in [0.2, 0.25) is 5.91 Å². The van der Waals surface area contributed by atoms with Gasteiger partial charge < -0.3 is 9.64 Å². The number of nitrogens with zero attached hydrogens (tertiary/aromatic N) is 3. The summed E-state index contributed by atoms with van der Waals surface area (Å²) in [4.78, 5) is 26.0. The maximum Gasteiger partial charge on any atom is 0.442 e. The Morgan fingerprint density at radius 3 is 2.76 bits per heavy atom. The summed E-state index contributed by atoms with van der Waals surface area (Å²) < 4.78 is 24.7. The number of hydrogen-bond donors (Lipinski definition) is 0. The first-order valence-corrected chi connectivity index (χ1v) is 8.17. The van der Waals surface area contributed by atoms with Crippen LogP contribution in [0.4, 0.5) is 4.39 Å². The Labute approximate surface area is 144 Å². The summed E-state index contributed by atoms with van der Waals surface area (Å²) in [5, 5.41) is 3.73. The van der Waals surface area contributed by atoms with Crippen LogP contribution in [0.15, 0.2) is 33.6 Å². The van der Waals surface area contributed by atoms with Gasteiger partial charge in [0.15, 0.2) is 5.82 Å². The molecule has 1 aromatic heterocycles. The van der Waals surface area contributed by atoms with Gasteiger partial charge in [0, 0.05) is 12.5 Å². The topological polar surface area (TPSA) is 77.6 Å². The number of hydrogen-bond acceptors (Lipinski definition) is 5. The Bertz CT molecular complexity index is 797. The fourth-order valence-electron chi connectivity index (χ4n) is 2.83. The number of aromatic nitrogens is 2. The van der Waals surface area contributed by atoms with Gasteiger partial charge in [-0.1, -0.05) is 31.1 Å². The van der Waals surface area contributed by atoms with E-state index in [9.17, 15) is 14.0 Å². The van der Waals surface area contributed by atoms with Crippen molar-refractivity contribution in [3.05, 3.63) is 52.0 Å². The van der Waals surface area contributed by atoms with Crippen LogP contribution in [0.1, 0.15) is 37.3 Å². The molecule has 0 spiro atoms. The molecule has 3 rings (SSSR count). The molecule has 1 aromatic carbocycles. The largest absolute Gasteiger partial charge is 0.442 e. The standard InChI is InChI=1S/C17H20FN3O4/c1-11(2)16-19-25-17(23)21(16)10-15(22)20-7-8-24-14(9-20)12-3-5-13(18)6-4-12/h3-6,11,14H,7-10H2,1-2H3. The van der Waals surface area contributed by atoms with Crippen molar-refractivity contribution in [1.82, 2.24) is 14.6 Å². The van der Waals surface area contributed by atoms with Crippen LogP contribution in [0.5, 0.6) is 0 Å². The highest BCUT2D eigenvalue weighted by Gasteiger charge is 2.27. The van der Waals surface area contributed by atoms with Gasteiger partial charge in [0.1, 0.15) is 18.5 Å². The fraction of sp³-hybridized carbons (Fsp3) is 0.471. The van der Waals surface area contributed by atoms with E-state index in [1.54, 1.807) is 17.0 Å². The van der Waals surface area contributed by atoms with Gasteiger partial charge in [0.05, 0.1) is 13.2 Å². The minimum atomic E-state index is -0.639. The average Bonchev–Trinajstić information content (AvgIpc) is 2.96. The van der Waals surface area contributed by atoms with Gasteiger partial charge in [-0.2, -0.15) is 0 Å².